The first kappa shape index (κ1) is 17.2. The number of imidazole rings is 2. The number of aryl methyl sites for hydroxylation is 2. The maximum Gasteiger partial charge on any atom is 0.126 e. The fraction of sp³-hybridized carbons (Fsp3) is 0.500. The van der Waals surface area contributed by atoms with Gasteiger partial charge in [0.1, 0.15) is 5.82 Å². The number of aromatic nitrogens is 4. The van der Waals surface area contributed by atoms with Gasteiger partial charge in [-0.1, -0.05) is 6.07 Å². The molecule has 0 saturated carbocycles. The van der Waals surface area contributed by atoms with E-state index >= 15 is 0 Å². The summed E-state index contributed by atoms with van der Waals surface area (Å²) < 4.78 is 9.87. The van der Waals surface area contributed by atoms with Crippen molar-refractivity contribution >= 4 is 11.0 Å². The van der Waals surface area contributed by atoms with Crippen LogP contribution in [0, 0.1) is 5.92 Å². The summed E-state index contributed by atoms with van der Waals surface area (Å²) in [5, 5.41) is 3.78. The molecule has 138 valence electrons. The zero-order valence-electron chi connectivity index (χ0n) is 15.6. The molecule has 1 aliphatic heterocycles. The van der Waals surface area contributed by atoms with Gasteiger partial charge in [0, 0.05) is 45.7 Å². The van der Waals surface area contributed by atoms with Gasteiger partial charge < -0.3 is 19.2 Å². The second-order valence-corrected chi connectivity index (χ2v) is 7.06. The summed E-state index contributed by atoms with van der Waals surface area (Å²) >= 11 is 0. The summed E-state index contributed by atoms with van der Waals surface area (Å²) in [4.78, 5) is 9.15. The van der Waals surface area contributed by atoms with Gasteiger partial charge in [0.15, 0.2) is 0 Å². The molecule has 1 aliphatic rings. The molecule has 0 amide bonds. The molecule has 26 heavy (non-hydrogen) atoms. The number of ether oxygens (including phenoxy) is 1. The van der Waals surface area contributed by atoms with Crippen molar-refractivity contribution in [3.8, 4) is 0 Å². The van der Waals surface area contributed by atoms with Gasteiger partial charge in [0.25, 0.3) is 0 Å². The Morgan fingerprint density at radius 3 is 2.92 bits per heavy atom. The molecular weight excluding hydrogens is 326 g/mol. The zero-order chi connectivity index (χ0) is 17.9. The second kappa shape index (κ2) is 7.60. The van der Waals surface area contributed by atoms with Crippen LogP contribution in [-0.2, 0) is 24.9 Å². The van der Waals surface area contributed by atoms with Crippen molar-refractivity contribution in [2.45, 2.75) is 38.9 Å². The highest BCUT2D eigenvalue weighted by molar-refractivity contribution is 5.75. The summed E-state index contributed by atoms with van der Waals surface area (Å²) in [6.07, 6.45) is 8.00. The normalized spacial score (nSPS) is 17.0. The van der Waals surface area contributed by atoms with Crippen molar-refractivity contribution in [2.24, 2.45) is 13.0 Å². The Morgan fingerprint density at radius 2 is 2.12 bits per heavy atom. The summed E-state index contributed by atoms with van der Waals surface area (Å²) in [6.45, 7) is 5.61. The van der Waals surface area contributed by atoms with Crippen LogP contribution in [0.5, 0.6) is 0 Å². The molecule has 0 radical (unpaired) electrons. The first-order valence-corrected chi connectivity index (χ1v) is 9.48. The maximum absolute atomic E-state index is 5.57. The third-order valence-corrected chi connectivity index (χ3v) is 5.42. The van der Waals surface area contributed by atoms with E-state index in [1.807, 2.05) is 19.6 Å². The standard InChI is InChI=1S/C20H27N5O/c1-3-25-9-8-21-20(25)19(16-6-10-26-11-7-16)22-13-15-4-5-18-17(12-15)23-14-24(18)2/h4-5,8-9,12,14,16,19,22H,3,6-7,10-11,13H2,1-2H3/t19-/m0/s1. The number of nitrogens with one attached hydrogen (secondary N) is 1. The molecule has 6 nitrogen and oxygen atoms in total. The summed E-state index contributed by atoms with van der Waals surface area (Å²) in [7, 11) is 2.03. The minimum atomic E-state index is 0.244. The van der Waals surface area contributed by atoms with E-state index in [-0.39, 0.29) is 6.04 Å². The molecule has 0 aliphatic carbocycles. The highest BCUT2D eigenvalue weighted by atomic mass is 16.5. The molecule has 1 saturated heterocycles. The lowest BCUT2D eigenvalue weighted by molar-refractivity contribution is 0.0517. The van der Waals surface area contributed by atoms with E-state index in [0.29, 0.717) is 5.92 Å². The molecule has 3 heterocycles. The molecule has 0 bridgehead atoms. The summed E-state index contributed by atoms with van der Waals surface area (Å²) in [6, 6.07) is 6.75. The monoisotopic (exact) mass is 353 g/mol. The number of rotatable bonds is 6. The number of hydrogen-bond acceptors (Lipinski definition) is 4. The number of nitrogens with zero attached hydrogens (tertiary/aromatic N) is 4. The SMILES string of the molecule is CCn1ccnc1[C@@H](NCc1ccc2c(c1)ncn2C)C1CCOCC1. The molecule has 4 rings (SSSR count). The molecule has 1 fully saturated rings. The summed E-state index contributed by atoms with van der Waals surface area (Å²) in [5.41, 5.74) is 3.46. The van der Waals surface area contributed by atoms with Crippen LogP contribution in [-0.4, -0.2) is 32.3 Å². The molecule has 6 heteroatoms. The largest absolute Gasteiger partial charge is 0.381 e. The minimum absolute atomic E-state index is 0.244. The minimum Gasteiger partial charge on any atom is -0.381 e. The second-order valence-electron chi connectivity index (χ2n) is 7.06. The maximum atomic E-state index is 5.57. The van der Waals surface area contributed by atoms with E-state index in [4.69, 9.17) is 4.74 Å². The van der Waals surface area contributed by atoms with Gasteiger partial charge in [-0.3, -0.25) is 0 Å². The smallest absolute Gasteiger partial charge is 0.126 e. The first-order chi connectivity index (χ1) is 12.8. The van der Waals surface area contributed by atoms with E-state index < -0.39 is 0 Å². The van der Waals surface area contributed by atoms with Gasteiger partial charge in [-0.2, -0.15) is 0 Å². The first-order valence-electron chi connectivity index (χ1n) is 9.48. The van der Waals surface area contributed by atoms with E-state index in [1.54, 1.807) is 0 Å². The van der Waals surface area contributed by atoms with Crippen molar-refractivity contribution in [1.29, 1.82) is 0 Å². The Morgan fingerprint density at radius 1 is 1.27 bits per heavy atom. The van der Waals surface area contributed by atoms with Crippen LogP contribution in [0.15, 0.2) is 36.9 Å². The number of benzene rings is 1. The molecule has 3 aromatic rings. The Balaban J connectivity index is 1.55. The quantitative estimate of drug-likeness (QED) is 0.740. The highest BCUT2D eigenvalue weighted by Crippen LogP contribution is 2.30. The van der Waals surface area contributed by atoms with Crippen LogP contribution in [0.1, 0.15) is 37.2 Å². The van der Waals surface area contributed by atoms with Crippen molar-refractivity contribution < 1.29 is 4.74 Å². The lowest BCUT2D eigenvalue weighted by Crippen LogP contribution is -2.33. The van der Waals surface area contributed by atoms with Gasteiger partial charge in [-0.15, -0.1) is 0 Å². The molecule has 0 unspecified atom stereocenters. The van der Waals surface area contributed by atoms with E-state index in [2.05, 4.69) is 55.7 Å². The Hall–Kier alpha value is -2.18. The average Bonchev–Trinajstić information content (AvgIpc) is 3.30. The Labute approximate surface area is 154 Å². The van der Waals surface area contributed by atoms with Crippen LogP contribution in [0.2, 0.25) is 0 Å². The molecule has 2 aromatic heterocycles. The highest BCUT2D eigenvalue weighted by Gasteiger charge is 2.28. The predicted molar refractivity (Wildman–Crippen MR) is 102 cm³/mol. The van der Waals surface area contributed by atoms with Crippen molar-refractivity contribution in [3.63, 3.8) is 0 Å². The summed E-state index contributed by atoms with van der Waals surface area (Å²) in [5.74, 6) is 1.69. The van der Waals surface area contributed by atoms with Gasteiger partial charge in [0.05, 0.1) is 23.4 Å². The van der Waals surface area contributed by atoms with Crippen LogP contribution in [0.3, 0.4) is 0 Å². The van der Waals surface area contributed by atoms with Crippen molar-refractivity contribution in [2.75, 3.05) is 13.2 Å². The van der Waals surface area contributed by atoms with Gasteiger partial charge in [-0.25, -0.2) is 9.97 Å². The van der Waals surface area contributed by atoms with Crippen LogP contribution >= 0.6 is 0 Å². The lowest BCUT2D eigenvalue weighted by Gasteiger charge is -2.31. The Bertz CT molecular complexity index is 862. The van der Waals surface area contributed by atoms with E-state index in [9.17, 15) is 0 Å². The Kier molecular flexibility index (Phi) is 5.04. The number of hydrogen-bond donors (Lipinski definition) is 1. The fourth-order valence-corrected chi connectivity index (χ4v) is 3.90. The molecule has 1 atom stereocenters. The number of fused-ring (bicyclic) bond motifs is 1. The lowest BCUT2D eigenvalue weighted by atomic mass is 9.91. The van der Waals surface area contributed by atoms with Gasteiger partial charge in [0.2, 0.25) is 0 Å². The topological polar surface area (TPSA) is 56.9 Å². The average molecular weight is 353 g/mol. The van der Waals surface area contributed by atoms with Gasteiger partial charge in [-0.05, 0) is 43.4 Å². The van der Waals surface area contributed by atoms with Gasteiger partial charge >= 0.3 is 0 Å². The van der Waals surface area contributed by atoms with Crippen LogP contribution in [0.25, 0.3) is 11.0 Å². The third kappa shape index (κ3) is 3.39. The molecular formula is C20H27N5O. The van der Waals surface area contributed by atoms with Crippen molar-refractivity contribution in [3.05, 3.63) is 48.3 Å². The third-order valence-electron chi connectivity index (χ3n) is 5.42. The molecule has 1 aromatic carbocycles. The zero-order valence-corrected chi connectivity index (χ0v) is 15.6. The fourth-order valence-electron chi connectivity index (χ4n) is 3.90. The van der Waals surface area contributed by atoms with E-state index in [0.717, 1.165) is 56.0 Å². The van der Waals surface area contributed by atoms with Crippen molar-refractivity contribution in [1.82, 2.24) is 24.4 Å². The van der Waals surface area contributed by atoms with Crippen LogP contribution < -0.4 is 5.32 Å². The molecule has 1 N–H and O–H groups in total. The van der Waals surface area contributed by atoms with E-state index in [1.165, 1.54) is 5.56 Å². The molecule has 0 spiro atoms. The predicted octanol–water partition coefficient (Wildman–Crippen LogP) is 3.05. The van der Waals surface area contributed by atoms with Crippen LogP contribution in [0.4, 0.5) is 0 Å².